The molecule has 0 aliphatic carbocycles. The van der Waals surface area contributed by atoms with Crippen LogP contribution in [0.2, 0.25) is 10.0 Å². The number of amides is 1. The second-order valence-electron chi connectivity index (χ2n) is 9.07. The van der Waals surface area contributed by atoms with Crippen LogP contribution in [0.5, 0.6) is 11.5 Å². The Kier molecular flexibility index (Phi) is 6.84. The maximum Gasteiger partial charge on any atom is 0.246 e. The minimum Gasteiger partial charge on any atom is -0.493 e. The number of carbonyl (C=O) groups excluding carboxylic acids is 1. The van der Waals surface area contributed by atoms with Crippen molar-refractivity contribution in [2.24, 2.45) is 0 Å². The first kappa shape index (κ1) is 25.1. The monoisotopic (exact) mass is 540 g/mol. The Morgan fingerprint density at radius 1 is 1.27 bits per heavy atom. The van der Waals surface area contributed by atoms with Crippen molar-refractivity contribution in [1.82, 2.24) is 9.88 Å². The highest BCUT2D eigenvalue weighted by molar-refractivity contribution is 6.42. The number of ether oxygens (including phenoxy) is 2. The molecular weight excluding hydrogens is 518 g/mol. The molecule has 190 valence electrons. The van der Waals surface area contributed by atoms with E-state index in [1.807, 2.05) is 4.90 Å². The van der Waals surface area contributed by atoms with Crippen LogP contribution in [0.25, 0.3) is 10.9 Å². The zero-order chi connectivity index (χ0) is 26.3. The molecule has 1 unspecified atom stereocenters. The average molecular weight is 541 g/mol. The second-order valence-corrected chi connectivity index (χ2v) is 9.86. The molecule has 2 aliphatic rings. The van der Waals surface area contributed by atoms with E-state index < -0.39 is 5.82 Å². The van der Waals surface area contributed by atoms with Crippen LogP contribution in [0.15, 0.2) is 43.1 Å². The topological polar surface area (TPSA) is 87.5 Å². The van der Waals surface area contributed by atoms with Crippen LogP contribution in [0.1, 0.15) is 31.2 Å². The molecule has 2 saturated heterocycles. The van der Waals surface area contributed by atoms with Crippen molar-refractivity contribution in [2.45, 2.75) is 43.9 Å². The first-order valence-electron chi connectivity index (χ1n) is 11.8. The van der Waals surface area contributed by atoms with Crippen LogP contribution in [-0.2, 0) is 4.79 Å². The molecule has 3 aromatic rings. The number of piperidine rings is 1. The summed E-state index contributed by atoms with van der Waals surface area (Å²) in [5.74, 6) is 0.171. The maximum absolute atomic E-state index is 14.8. The van der Waals surface area contributed by atoms with Crippen molar-refractivity contribution in [3.8, 4) is 17.6 Å². The number of halogens is 3. The molecule has 10 heteroatoms. The number of hydrogen-bond donors (Lipinski definition) is 1. The van der Waals surface area contributed by atoms with Crippen molar-refractivity contribution >= 4 is 51.4 Å². The van der Waals surface area contributed by atoms with Gasteiger partial charge in [0, 0.05) is 42.6 Å². The van der Waals surface area contributed by atoms with Gasteiger partial charge in [0.15, 0.2) is 17.3 Å². The number of nitrogens with zero attached hydrogens (tertiary/aromatic N) is 3. The van der Waals surface area contributed by atoms with Gasteiger partial charge in [0.05, 0.1) is 39.6 Å². The molecule has 2 aliphatic heterocycles. The first-order chi connectivity index (χ1) is 17.8. The van der Waals surface area contributed by atoms with E-state index in [0.29, 0.717) is 40.9 Å². The Morgan fingerprint density at radius 3 is 2.65 bits per heavy atom. The zero-order valence-electron chi connectivity index (χ0n) is 19.9. The van der Waals surface area contributed by atoms with Gasteiger partial charge in [0.1, 0.15) is 12.2 Å². The summed E-state index contributed by atoms with van der Waals surface area (Å²) in [7, 11) is 1.54. The van der Waals surface area contributed by atoms with Crippen LogP contribution in [0, 0.1) is 17.1 Å². The third-order valence-corrected chi connectivity index (χ3v) is 7.76. The van der Waals surface area contributed by atoms with Crippen molar-refractivity contribution in [3.05, 3.63) is 64.5 Å². The van der Waals surface area contributed by atoms with E-state index in [0.717, 1.165) is 12.8 Å². The molecule has 2 aromatic carbocycles. The summed E-state index contributed by atoms with van der Waals surface area (Å²) >= 11 is 11.9. The van der Waals surface area contributed by atoms with Gasteiger partial charge in [0.2, 0.25) is 5.91 Å². The van der Waals surface area contributed by atoms with Crippen molar-refractivity contribution < 1.29 is 18.7 Å². The van der Waals surface area contributed by atoms with Crippen molar-refractivity contribution in [2.75, 3.05) is 12.4 Å². The van der Waals surface area contributed by atoms with E-state index in [2.05, 4.69) is 22.9 Å². The molecule has 1 N–H and O–H groups in total. The third kappa shape index (κ3) is 4.54. The number of benzene rings is 2. The summed E-state index contributed by atoms with van der Waals surface area (Å²) in [5, 5.41) is 13.1. The van der Waals surface area contributed by atoms with Gasteiger partial charge < -0.3 is 19.7 Å². The van der Waals surface area contributed by atoms with E-state index in [4.69, 9.17) is 32.7 Å². The standard InChI is InChI=1S/C27H23Cl2FN4O3/c1-3-24(35)34-15-4-5-16(34)9-17(8-15)37-23-10-18-21(11-22(23)36-2)32-13-14(12-31)27(18)33-20-7-6-19(28)25(29)26(20)30/h3,6-7,10-11,13,15-17H,1,4-5,8-9H2,2H3,(H,32,33)/t15-,16+,17?. The zero-order valence-corrected chi connectivity index (χ0v) is 21.4. The lowest BCUT2D eigenvalue weighted by Crippen LogP contribution is -2.48. The Bertz CT molecular complexity index is 1440. The number of anilines is 2. The lowest BCUT2D eigenvalue weighted by molar-refractivity contribution is -0.131. The Hall–Kier alpha value is -3.54. The summed E-state index contributed by atoms with van der Waals surface area (Å²) < 4.78 is 26.8. The normalized spacial score (nSPS) is 20.4. The third-order valence-electron chi connectivity index (χ3n) is 6.98. The van der Waals surface area contributed by atoms with Gasteiger partial charge in [-0.05, 0) is 37.1 Å². The van der Waals surface area contributed by atoms with E-state index in [9.17, 15) is 14.4 Å². The highest BCUT2D eigenvalue weighted by Gasteiger charge is 2.43. The summed E-state index contributed by atoms with van der Waals surface area (Å²) in [6, 6.07) is 8.68. The van der Waals surface area contributed by atoms with Gasteiger partial charge in [-0.2, -0.15) is 5.26 Å². The van der Waals surface area contributed by atoms with Crippen LogP contribution >= 0.6 is 23.2 Å². The van der Waals surface area contributed by atoms with E-state index in [1.54, 1.807) is 12.1 Å². The number of nitriles is 1. The Balaban J connectivity index is 1.52. The summed E-state index contributed by atoms with van der Waals surface area (Å²) in [6.45, 7) is 3.63. The van der Waals surface area contributed by atoms with E-state index in [-0.39, 0.29) is 45.4 Å². The predicted octanol–water partition coefficient (Wildman–Crippen LogP) is 6.39. The number of pyridine rings is 1. The van der Waals surface area contributed by atoms with Gasteiger partial charge in [-0.3, -0.25) is 9.78 Å². The lowest BCUT2D eigenvalue weighted by Gasteiger charge is -2.38. The molecule has 5 rings (SSSR count). The lowest BCUT2D eigenvalue weighted by atomic mass is 9.99. The maximum atomic E-state index is 14.8. The van der Waals surface area contributed by atoms with Crippen molar-refractivity contribution in [3.63, 3.8) is 0 Å². The fourth-order valence-electron chi connectivity index (χ4n) is 5.30. The molecule has 37 heavy (non-hydrogen) atoms. The number of methoxy groups -OCH3 is 1. The number of rotatable bonds is 6. The first-order valence-corrected chi connectivity index (χ1v) is 12.5. The molecule has 3 atom stereocenters. The fraction of sp³-hybridized carbons (Fsp3) is 0.296. The Morgan fingerprint density at radius 2 is 2.00 bits per heavy atom. The molecule has 0 spiro atoms. The van der Waals surface area contributed by atoms with Crippen LogP contribution in [0.3, 0.4) is 0 Å². The molecular formula is C27H23Cl2FN4O3. The predicted molar refractivity (Wildman–Crippen MR) is 140 cm³/mol. The SMILES string of the molecule is C=CC(=O)N1[C@@H]2CC[C@H]1CC(Oc1cc3c(Nc4ccc(Cl)c(Cl)c4F)c(C#N)cnc3cc1OC)C2. The largest absolute Gasteiger partial charge is 0.493 e. The minimum atomic E-state index is -0.732. The second kappa shape index (κ2) is 10.1. The minimum absolute atomic E-state index is 0.0467. The molecule has 7 nitrogen and oxygen atoms in total. The van der Waals surface area contributed by atoms with E-state index >= 15 is 0 Å². The highest BCUT2D eigenvalue weighted by atomic mass is 35.5. The number of nitrogens with one attached hydrogen (secondary N) is 1. The molecule has 3 heterocycles. The number of carbonyl (C=O) groups is 1. The summed E-state index contributed by atoms with van der Waals surface area (Å²) in [4.78, 5) is 18.6. The quantitative estimate of drug-likeness (QED) is 0.288. The van der Waals surface area contributed by atoms with Crippen LogP contribution in [-0.4, -0.2) is 41.1 Å². The van der Waals surface area contributed by atoms with Gasteiger partial charge in [-0.25, -0.2) is 4.39 Å². The van der Waals surface area contributed by atoms with Crippen LogP contribution < -0.4 is 14.8 Å². The smallest absolute Gasteiger partial charge is 0.246 e. The Labute approximate surface area is 223 Å². The summed E-state index contributed by atoms with van der Waals surface area (Å²) in [6.07, 6.45) is 5.87. The van der Waals surface area contributed by atoms with Gasteiger partial charge in [-0.1, -0.05) is 29.8 Å². The molecule has 0 saturated carbocycles. The van der Waals surface area contributed by atoms with Gasteiger partial charge >= 0.3 is 0 Å². The molecule has 0 radical (unpaired) electrons. The van der Waals surface area contributed by atoms with Crippen molar-refractivity contribution in [1.29, 1.82) is 5.26 Å². The average Bonchev–Trinajstić information content (AvgIpc) is 3.18. The summed E-state index contributed by atoms with van der Waals surface area (Å²) in [5.41, 5.74) is 1.15. The van der Waals surface area contributed by atoms with E-state index in [1.165, 1.54) is 31.5 Å². The van der Waals surface area contributed by atoms with Crippen LogP contribution in [0.4, 0.5) is 15.8 Å². The van der Waals surface area contributed by atoms with Gasteiger partial charge in [-0.15, -0.1) is 0 Å². The number of aromatic nitrogens is 1. The number of fused-ring (bicyclic) bond motifs is 3. The molecule has 1 amide bonds. The molecule has 2 bridgehead atoms. The number of hydrogen-bond acceptors (Lipinski definition) is 6. The fourth-order valence-corrected chi connectivity index (χ4v) is 5.61. The van der Waals surface area contributed by atoms with Gasteiger partial charge in [0.25, 0.3) is 0 Å². The molecule has 1 aromatic heterocycles. The highest BCUT2D eigenvalue weighted by Crippen LogP contribution is 2.42. The molecule has 2 fully saturated rings.